The van der Waals surface area contributed by atoms with Crippen molar-refractivity contribution in [2.75, 3.05) is 37.7 Å². The monoisotopic (exact) mass is 467 g/mol. The van der Waals surface area contributed by atoms with Gasteiger partial charge in [-0.1, -0.05) is 36.6 Å². The average Bonchev–Trinajstić information content (AvgIpc) is 2.90. The van der Waals surface area contributed by atoms with Crippen LogP contribution in [0.2, 0.25) is 0 Å². The Morgan fingerprint density at radius 3 is 2.49 bits per heavy atom. The Morgan fingerprint density at radius 2 is 1.77 bits per heavy atom. The van der Waals surface area contributed by atoms with Gasteiger partial charge in [0.15, 0.2) is 0 Å². The van der Waals surface area contributed by atoms with Gasteiger partial charge < -0.3 is 19.6 Å². The van der Waals surface area contributed by atoms with Crippen LogP contribution in [-0.2, 0) is 4.74 Å². The molecule has 3 aromatic rings. The van der Waals surface area contributed by atoms with E-state index in [0.717, 1.165) is 5.69 Å². The number of hydrogen-bond acceptors (Lipinski definition) is 6. The van der Waals surface area contributed by atoms with Crippen molar-refractivity contribution in [3.05, 3.63) is 102 Å². The lowest BCUT2D eigenvalue weighted by molar-refractivity contribution is 0.0549. The van der Waals surface area contributed by atoms with Crippen LogP contribution in [0.3, 0.4) is 0 Å². The Balaban J connectivity index is 1.40. The molecule has 1 fully saturated rings. The van der Waals surface area contributed by atoms with Gasteiger partial charge in [0.2, 0.25) is 0 Å². The second kappa shape index (κ2) is 11.0. The summed E-state index contributed by atoms with van der Waals surface area (Å²) < 4.78 is 5.06. The highest BCUT2D eigenvalue weighted by molar-refractivity contribution is 5.97. The van der Waals surface area contributed by atoms with Gasteiger partial charge in [0.05, 0.1) is 17.3 Å². The summed E-state index contributed by atoms with van der Waals surface area (Å²) in [4.78, 5) is 33.2. The number of amides is 1. The molecule has 1 N–H and O–H groups in total. The number of benzene rings is 2. The number of pyridine rings is 1. The van der Waals surface area contributed by atoms with Gasteiger partial charge in [-0.3, -0.25) is 9.78 Å². The first-order valence-corrected chi connectivity index (χ1v) is 11.2. The van der Waals surface area contributed by atoms with Crippen LogP contribution < -0.4 is 4.90 Å². The first-order chi connectivity index (χ1) is 17.0. The quantitative estimate of drug-likeness (QED) is 0.351. The molecule has 1 saturated heterocycles. The van der Waals surface area contributed by atoms with Crippen LogP contribution in [0, 0.1) is 11.8 Å². The summed E-state index contributed by atoms with van der Waals surface area (Å²) in [5.74, 6) is 5.60. The van der Waals surface area contributed by atoms with E-state index in [0.29, 0.717) is 48.4 Å². The summed E-state index contributed by atoms with van der Waals surface area (Å²) in [5, 5.41) is 9.58. The summed E-state index contributed by atoms with van der Waals surface area (Å²) in [6.45, 7) is 6.21. The van der Waals surface area contributed by atoms with Crippen molar-refractivity contribution in [2.45, 2.75) is 0 Å². The van der Waals surface area contributed by atoms with Crippen LogP contribution in [0.25, 0.3) is 0 Å². The maximum Gasteiger partial charge on any atom is 0.338 e. The number of esters is 1. The van der Waals surface area contributed by atoms with E-state index in [-0.39, 0.29) is 24.2 Å². The Labute approximate surface area is 204 Å². The molecule has 4 rings (SSSR count). The lowest BCUT2D eigenvalue weighted by atomic mass is 10.1. The van der Waals surface area contributed by atoms with E-state index in [9.17, 15) is 14.7 Å². The molecule has 35 heavy (non-hydrogen) atoms. The molecule has 0 spiro atoms. The van der Waals surface area contributed by atoms with E-state index in [4.69, 9.17) is 4.74 Å². The normalized spacial score (nSPS) is 12.9. The van der Waals surface area contributed by atoms with E-state index < -0.39 is 0 Å². The van der Waals surface area contributed by atoms with Gasteiger partial charge >= 0.3 is 5.97 Å². The third kappa shape index (κ3) is 5.87. The molecular weight excluding hydrogens is 442 g/mol. The first-order valence-electron chi connectivity index (χ1n) is 11.2. The zero-order valence-corrected chi connectivity index (χ0v) is 19.2. The molecule has 0 aliphatic carbocycles. The van der Waals surface area contributed by atoms with Crippen molar-refractivity contribution in [1.29, 1.82) is 0 Å². The number of nitrogens with zero attached hydrogens (tertiary/aromatic N) is 3. The average molecular weight is 468 g/mol. The second-order valence-corrected chi connectivity index (χ2v) is 7.94. The largest absolute Gasteiger partial charge is 0.506 e. The number of hydrogen-bond donors (Lipinski definition) is 1. The van der Waals surface area contributed by atoms with Gasteiger partial charge in [0.25, 0.3) is 5.91 Å². The highest BCUT2D eigenvalue weighted by atomic mass is 16.5. The molecule has 1 aliphatic rings. The van der Waals surface area contributed by atoms with Crippen LogP contribution in [0.4, 0.5) is 5.69 Å². The van der Waals surface area contributed by atoms with Crippen LogP contribution in [0.15, 0.2) is 79.6 Å². The number of rotatable bonds is 5. The zero-order chi connectivity index (χ0) is 24.6. The molecule has 1 aliphatic heterocycles. The predicted octanol–water partition coefficient (Wildman–Crippen LogP) is 3.49. The molecule has 1 aromatic heterocycles. The van der Waals surface area contributed by atoms with Gasteiger partial charge in [0.1, 0.15) is 12.4 Å². The van der Waals surface area contributed by atoms with Crippen molar-refractivity contribution >= 4 is 17.6 Å². The molecule has 0 atom stereocenters. The van der Waals surface area contributed by atoms with Gasteiger partial charge in [-0.05, 0) is 42.5 Å². The molecule has 7 nitrogen and oxygen atoms in total. The Morgan fingerprint density at radius 1 is 1.03 bits per heavy atom. The van der Waals surface area contributed by atoms with Gasteiger partial charge in [-0.25, -0.2) is 4.79 Å². The minimum absolute atomic E-state index is 0.0429. The number of piperazine rings is 1. The molecular formula is C28H25N3O4. The number of carbonyl (C=O) groups excluding carboxylic acids is 2. The minimum Gasteiger partial charge on any atom is -0.506 e. The summed E-state index contributed by atoms with van der Waals surface area (Å²) >= 11 is 0. The Bertz CT molecular complexity index is 1280. The number of ether oxygens (including phenoxy) is 1. The van der Waals surface area contributed by atoms with Crippen LogP contribution in [-0.4, -0.2) is 59.7 Å². The Hall–Kier alpha value is -4.57. The van der Waals surface area contributed by atoms with Crippen molar-refractivity contribution in [3.63, 3.8) is 0 Å². The van der Waals surface area contributed by atoms with Crippen molar-refractivity contribution in [3.8, 4) is 17.6 Å². The van der Waals surface area contributed by atoms with Crippen LogP contribution >= 0.6 is 0 Å². The van der Waals surface area contributed by atoms with Crippen molar-refractivity contribution < 1.29 is 19.4 Å². The second-order valence-electron chi connectivity index (χ2n) is 7.94. The minimum atomic E-state index is -0.381. The number of aromatic hydroxyl groups is 1. The standard InChI is InChI=1S/C28H25N3O4/c1-2-17-35-28(34)23-9-11-24(12-10-23)30-13-15-31(16-14-30)27(33)26-6-4-3-5-22(26)8-7-21-18-25(32)20-29-19-21/h2-6,9-12,18-20,32H,1,13-17H2. The maximum absolute atomic E-state index is 13.3. The summed E-state index contributed by atoms with van der Waals surface area (Å²) in [7, 11) is 0. The maximum atomic E-state index is 13.3. The molecule has 0 saturated carbocycles. The molecule has 2 aromatic carbocycles. The number of aromatic nitrogens is 1. The van der Waals surface area contributed by atoms with E-state index >= 15 is 0 Å². The van der Waals surface area contributed by atoms with E-state index in [1.807, 2.05) is 35.2 Å². The van der Waals surface area contributed by atoms with Gasteiger partial charge in [-0.2, -0.15) is 0 Å². The van der Waals surface area contributed by atoms with Crippen LogP contribution in [0.1, 0.15) is 31.8 Å². The lowest BCUT2D eigenvalue weighted by Gasteiger charge is -2.36. The topological polar surface area (TPSA) is 83.0 Å². The first kappa shape index (κ1) is 23.6. The fraction of sp³-hybridized carbons (Fsp3) is 0.179. The van der Waals surface area contributed by atoms with E-state index in [2.05, 4.69) is 28.3 Å². The Kier molecular flexibility index (Phi) is 7.44. The third-order valence-electron chi connectivity index (χ3n) is 5.59. The van der Waals surface area contributed by atoms with Crippen LogP contribution in [0.5, 0.6) is 5.75 Å². The fourth-order valence-corrected chi connectivity index (χ4v) is 3.78. The van der Waals surface area contributed by atoms with Crippen molar-refractivity contribution in [1.82, 2.24) is 9.88 Å². The highest BCUT2D eigenvalue weighted by Crippen LogP contribution is 2.20. The van der Waals surface area contributed by atoms with E-state index in [1.54, 1.807) is 24.4 Å². The molecule has 0 bridgehead atoms. The molecule has 0 radical (unpaired) electrons. The molecule has 0 unspecified atom stereocenters. The smallest absolute Gasteiger partial charge is 0.338 e. The molecule has 1 amide bonds. The van der Waals surface area contributed by atoms with Crippen molar-refractivity contribution in [2.24, 2.45) is 0 Å². The van der Waals surface area contributed by atoms with Gasteiger partial charge in [0, 0.05) is 49.2 Å². The number of anilines is 1. The fourth-order valence-electron chi connectivity index (χ4n) is 3.78. The summed E-state index contributed by atoms with van der Waals surface area (Å²) in [6.07, 6.45) is 4.44. The summed E-state index contributed by atoms with van der Waals surface area (Å²) in [5.41, 5.74) is 3.22. The summed E-state index contributed by atoms with van der Waals surface area (Å²) in [6, 6.07) is 16.1. The zero-order valence-electron chi connectivity index (χ0n) is 19.2. The third-order valence-corrected chi connectivity index (χ3v) is 5.59. The molecule has 2 heterocycles. The van der Waals surface area contributed by atoms with Gasteiger partial charge in [-0.15, -0.1) is 0 Å². The lowest BCUT2D eigenvalue weighted by Crippen LogP contribution is -2.49. The predicted molar refractivity (Wildman–Crippen MR) is 133 cm³/mol. The number of carbonyl (C=O) groups is 2. The highest BCUT2D eigenvalue weighted by Gasteiger charge is 2.23. The van der Waals surface area contributed by atoms with E-state index in [1.165, 1.54) is 18.3 Å². The SMILES string of the molecule is C=CCOC(=O)c1ccc(N2CCN(C(=O)c3ccccc3C#Cc3cncc(O)c3)CC2)cc1. The molecule has 7 heteroatoms. The molecule has 176 valence electrons.